The SMILES string of the molecule is Cc1cc([N+](=O)[O-])cc(Cl)c1Cc1ccc2ccccc2n1. The van der Waals surface area contributed by atoms with Crippen molar-refractivity contribution in [2.45, 2.75) is 13.3 Å². The lowest BCUT2D eigenvalue weighted by Crippen LogP contribution is -1.98. The van der Waals surface area contributed by atoms with E-state index in [9.17, 15) is 10.1 Å². The van der Waals surface area contributed by atoms with E-state index in [-0.39, 0.29) is 5.69 Å². The van der Waals surface area contributed by atoms with E-state index in [0.717, 1.165) is 27.7 Å². The summed E-state index contributed by atoms with van der Waals surface area (Å²) in [6, 6.07) is 14.8. The molecule has 0 N–H and O–H groups in total. The number of pyridine rings is 1. The second-order valence-electron chi connectivity index (χ2n) is 5.15. The van der Waals surface area contributed by atoms with E-state index in [4.69, 9.17) is 11.6 Å². The van der Waals surface area contributed by atoms with Crippen LogP contribution in [0.15, 0.2) is 48.5 Å². The summed E-state index contributed by atoms with van der Waals surface area (Å²) in [6.07, 6.45) is 0.549. The average molecular weight is 313 g/mol. The molecule has 4 nitrogen and oxygen atoms in total. The number of hydrogen-bond acceptors (Lipinski definition) is 3. The van der Waals surface area contributed by atoms with Crippen LogP contribution in [-0.4, -0.2) is 9.91 Å². The Balaban J connectivity index is 1.99. The van der Waals surface area contributed by atoms with E-state index in [1.54, 1.807) is 6.07 Å². The fourth-order valence-corrected chi connectivity index (χ4v) is 2.80. The largest absolute Gasteiger partial charge is 0.271 e. The molecule has 3 aromatic rings. The lowest BCUT2D eigenvalue weighted by atomic mass is 10.0. The summed E-state index contributed by atoms with van der Waals surface area (Å²) in [5, 5.41) is 12.3. The third-order valence-corrected chi connectivity index (χ3v) is 3.97. The first-order chi connectivity index (χ1) is 10.5. The Morgan fingerprint density at radius 1 is 1.18 bits per heavy atom. The van der Waals surface area contributed by atoms with Crippen LogP contribution in [0, 0.1) is 17.0 Å². The van der Waals surface area contributed by atoms with Crippen LogP contribution in [0.25, 0.3) is 10.9 Å². The van der Waals surface area contributed by atoms with Gasteiger partial charge in [0, 0.05) is 29.6 Å². The number of aromatic nitrogens is 1. The Morgan fingerprint density at radius 3 is 2.68 bits per heavy atom. The van der Waals surface area contributed by atoms with Gasteiger partial charge in [-0.1, -0.05) is 35.9 Å². The Kier molecular flexibility index (Phi) is 3.77. The summed E-state index contributed by atoms with van der Waals surface area (Å²) in [5.74, 6) is 0. The van der Waals surface area contributed by atoms with E-state index < -0.39 is 4.92 Å². The molecule has 0 spiro atoms. The van der Waals surface area contributed by atoms with E-state index in [1.807, 2.05) is 43.3 Å². The predicted octanol–water partition coefficient (Wildman–Crippen LogP) is 4.70. The molecule has 0 amide bonds. The van der Waals surface area contributed by atoms with Gasteiger partial charge in [0.25, 0.3) is 5.69 Å². The summed E-state index contributed by atoms with van der Waals surface area (Å²) in [7, 11) is 0. The van der Waals surface area contributed by atoms with Crippen molar-refractivity contribution in [3.8, 4) is 0 Å². The third-order valence-electron chi connectivity index (χ3n) is 3.63. The van der Waals surface area contributed by atoms with Crippen LogP contribution in [0.1, 0.15) is 16.8 Å². The first-order valence-corrected chi connectivity index (χ1v) is 7.20. The lowest BCUT2D eigenvalue weighted by molar-refractivity contribution is -0.384. The second-order valence-corrected chi connectivity index (χ2v) is 5.56. The normalized spacial score (nSPS) is 10.8. The predicted molar refractivity (Wildman–Crippen MR) is 87.4 cm³/mol. The lowest BCUT2D eigenvalue weighted by Gasteiger charge is -2.09. The van der Waals surface area contributed by atoms with Crippen molar-refractivity contribution in [3.63, 3.8) is 0 Å². The number of aryl methyl sites for hydroxylation is 1. The highest BCUT2D eigenvalue weighted by molar-refractivity contribution is 6.31. The zero-order valence-electron chi connectivity index (χ0n) is 11.9. The molecule has 0 atom stereocenters. The van der Waals surface area contributed by atoms with Crippen LogP contribution in [0.2, 0.25) is 5.02 Å². The fraction of sp³-hybridized carbons (Fsp3) is 0.118. The Bertz CT molecular complexity index is 854. The van der Waals surface area contributed by atoms with Crippen LogP contribution < -0.4 is 0 Å². The number of nitrogens with zero attached hydrogens (tertiary/aromatic N) is 2. The van der Waals surface area contributed by atoms with Gasteiger partial charge in [-0.05, 0) is 30.2 Å². The molecule has 0 fully saturated rings. The maximum Gasteiger partial charge on any atom is 0.271 e. The van der Waals surface area contributed by atoms with Crippen LogP contribution in [-0.2, 0) is 6.42 Å². The first-order valence-electron chi connectivity index (χ1n) is 6.82. The zero-order chi connectivity index (χ0) is 15.7. The van der Waals surface area contributed by atoms with Crippen molar-refractivity contribution in [3.05, 3.63) is 80.5 Å². The summed E-state index contributed by atoms with van der Waals surface area (Å²) in [6.45, 7) is 1.83. The number of nitro groups is 1. The smallest absolute Gasteiger partial charge is 0.258 e. The molecule has 1 heterocycles. The molecule has 0 aliphatic rings. The quantitative estimate of drug-likeness (QED) is 0.520. The van der Waals surface area contributed by atoms with Crippen LogP contribution in [0.3, 0.4) is 0 Å². The number of nitro benzene ring substituents is 1. The molecule has 1 aromatic heterocycles. The summed E-state index contributed by atoms with van der Waals surface area (Å²) in [5.41, 5.74) is 3.50. The maximum atomic E-state index is 10.9. The standard InChI is InChI=1S/C17H13ClN2O2/c1-11-8-14(20(21)22)10-16(18)15(11)9-13-7-6-12-4-2-3-5-17(12)19-13/h2-8,10H,9H2,1H3. The van der Waals surface area contributed by atoms with Gasteiger partial charge in [0.2, 0.25) is 0 Å². The van der Waals surface area contributed by atoms with E-state index >= 15 is 0 Å². The van der Waals surface area contributed by atoms with Gasteiger partial charge in [0.1, 0.15) is 0 Å². The van der Waals surface area contributed by atoms with Crippen molar-refractivity contribution in [2.75, 3.05) is 0 Å². The van der Waals surface area contributed by atoms with Gasteiger partial charge in [0.05, 0.1) is 15.5 Å². The minimum atomic E-state index is -0.434. The van der Waals surface area contributed by atoms with Gasteiger partial charge in [-0.2, -0.15) is 0 Å². The first kappa shape index (κ1) is 14.5. The molecule has 110 valence electrons. The van der Waals surface area contributed by atoms with Gasteiger partial charge in [0.15, 0.2) is 0 Å². The van der Waals surface area contributed by atoms with Crippen molar-refractivity contribution >= 4 is 28.2 Å². The molecule has 0 aliphatic heterocycles. The molecule has 0 bridgehead atoms. The maximum absolute atomic E-state index is 10.9. The van der Waals surface area contributed by atoms with Gasteiger partial charge < -0.3 is 0 Å². The van der Waals surface area contributed by atoms with Crippen LogP contribution >= 0.6 is 11.6 Å². The van der Waals surface area contributed by atoms with E-state index in [0.29, 0.717) is 11.4 Å². The summed E-state index contributed by atoms with van der Waals surface area (Å²) >= 11 is 6.21. The molecule has 3 rings (SSSR count). The molecular weight excluding hydrogens is 300 g/mol. The van der Waals surface area contributed by atoms with Gasteiger partial charge in [-0.15, -0.1) is 0 Å². The monoisotopic (exact) mass is 312 g/mol. The summed E-state index contributed by atoms with van der Waals surface area (Å²) < 4.78 is 0. The van der Waals surface area contributed by atoms with Gasteiger partial charge in [-0.3, -0.25) is 15.1 Å². The molecule has 0 aliphatic carbocycles. The Labute approximate surface area is 132 Å². The van der Waals surface area contributed by atoms with Crippen molar-refractivity contribution in [2.24, 2.45) is 0 Å². The van der Waals surface area contributed by atoms with Gasteiger partial charge >= 0.3 is 0 Å². The molecule has 0 saturated heterocycles. The van der Waals surface area contributed by atoms with Crippen molar-refractivity contribution in [1.82, 2.24) is 4.98 Å². The van der Waals surface area contributed by atoms with Crippen LogP contribution in [0.5, 0.6) is 0 Å². The zero-order valence-corrected chi connectivity index (χ0v) is 12.7. The second kappa shape index (κ2) is 5.73. The van der Waals surface area contributed by atoms with Crippen LogP contribution in [0.4, 0.5) is 5.69 Å². The molecule has 0 saturated carbocycles. The number of halogens is 1. The molecule has 0 radical (unpaired) electrons. The average Bonchev–Trinajstić information content (AvgIpc) is 2.50. The molecular formula is C17H13ClN2O2. The van der Waals surface area contributed by atoms with Gasteiger partial charge in [-0.25, -0.2) is 0 Å². The van der Waals surface area contributed by atoms with Crippen molar-refractivity contribution < 1.29 is 4.92 Å². The topological polar surface area (TPSA) is 56.0 Å². The van der Waals surface area contributed by atoms with E-state index in [2.05, 4.69) is 4.98 Å². The number of hydrogen-bond donors (Lipinski definition) is 0. The highest BCUT2D eigenvalue weighted by atomic mass is 35.5. The fourth-order valence-electron chi connectivity index (χ4n) is 2.47. The molecule has 0 unspecified atom stereocenters. The number of benzene rings is 2. The van der Waals surface area contributed by atoms with E-state index in [1.165, 1.54) is 6.07 Å². The number of para-hydroxylation sites is 1. The minimum Gasteiger partial charge on any atom is -0.258 e. The molecule has 2 aromatic carbocycles. The number of fused-ring (bicyclic) bond motifs is 1. The molecule has 22 heavy (non-hydrogen) atoms. The number of non-ortho nitro benzene ring substituents is 1. The molecule has 5 heteroatoms. The minimum absolute atomic E-state index is 0.0118. The third kappa shape index (κ3) is 2.78. The number of rotatable bonds is 3. The highest BCUT2D eigenvalue weighted by Gasteiger charge is 2.14. The Morgan fingerprint density at radius 2 is 1.95 bits per heavy atom. The van der Waals surface area contributed by atoms with Crippen molar-refractivity contribution in [1.29, 1.82) is 0 Å². The Hall–Kier alpha value is -2.46. The summed E-state index contributed by atoms with van der Waals surface area (Å²) in [4.78, 5) is 15.0. The highest BCUT2D eigenvalue weighted by Crippen LogP contribution is 2.28.